The molecule has 8 nitrogen and oxygen atoms in total. The monoisotopic (exact) mass is 288 g/mol. The van der Waals surface area contributed by atoms with Crippen molar-refractivity contribution in [2.24, 2.45) is 11.7 Å². The van der Waals surface area contributed by atoms with Gasteiger partial charge in [0.15, 0.2) is 5.82 Å². The lowest BCUT2D eigenvalue weighted by Gasteiger charge is -2.14. The molecule has 2 atom stereocenters. The largest absolute Gasteiger partial charge is 0.379 e. The van der Waals surface area contributed by atoms with Gasteiger partial charge in [0.1, 0.15) is 0 Å². The fourth-order valence-corrected chi connectivity index (χ4v) is 2.26. The van der Waals surface area contributed by atoms with Crippen molar-refractivity contribution in [3.05, 3.63) is 30.1 Å². The van der Waals surface area contributed by atoms with E-state index in [2.05, 4.69) is 20.8 Å². The Morgan fingerprint density at radius 1 is 1.48 bits per heavy atom. The molecule has 2 aromatic rings. The number of hydrogen-bond donors (Lipinski definition) is 2. The van der Waals surface area contributed by atoms with Gasteiger partial charge in [0, 0.05) is 11.7 Å². The molecule has 0 saturated carbocycles. The molecule has 1 amide bonds. The third-order valence-electron chi connectivity index (χ3n) is 3.44. The predicted molar refractivity (Wildman–Crippen MR) is 74.8 cm³/mol. The first-order valence-corrected chi connectivity index (χ1v) is 6.65. The van der Waals surface area contributed by atoms with Crippen molar-refractivity contribution in [3.8, 4) is 5.69 Å². The molecule has 1 aromatic carbocycles. The highest BCUT2D eigenvalue weighted by Gasteiger charge is 2.31. The molecule has 2 unspecified atom stereocenters. The van der Waals surface area contributed by atoms with Crippen LogP contribution in [0.4, 0.5) is 5.69 Å². The van der Waals surface area contributed by atoms with Crippen molar-refractivity contribution in [2.75, 3.05) is 18.5 Å². The Kier molecular flexibility index (Phi) is 3.63. The standard InChI is InChI=1S/C13H16N6O2/c1-8-16-17-18-19(8)10-4-2-3-9(5-10)15-13(20)11-6-21-7-12(11)14/h2-5,11-12H,6-7,14H2,1H3,(H,15,20). The fourth-order valence-electron chi connectivity index (χ4n) is 2.26. The summed E-state index contributed by atoms with van der Waals surface area (Å²) in [5, 5.41) is 14.2. The zero-order valence-corrected chi connectivity index (χ0v) is 11.6. The van der Waals surface area contributed by atoms with Gasteiger partial charge in [-0.25, -0.2) is 0 Å². The zero-order valence-electron chi connectivity index (χ0n) is 11.6. The number of aromatic nitrogens is 4. The van der Waals surface area contributed by atoms with Gasteiger partial charge in [0.2, 0.25) is 5.91 Å². The fraction of sp³-hybridized carbons (Fsp3) is 0.385. The van der Waals surface area contributed by atoms with Crippen molar-refractivity contribution in [2.45, 2.75) is 13.0 Å². The van der Waals surface area contributed by atoms with E-state index in [9.17, 15) is 4.79 Å². The van der Waals surface area contributed by atoms with E-state index >= 15 is 0 Å². The Morgan fingerprint density at radius 3 is 3.00 bits per heavy atom. The summed E-state index contributed by atoms with van der Waals surface area (Å²) in [4.78, 5) is 12.2. The second kappa shape index (κ2) is 5.58. The SMILES string of the molecule is Cc1nnnn1-c1cccc(NC(=O)C2COCC2N)c1. The highest BCUT2D eigenvalue weighted by molar-refractivity contribution is 5.93. The van der Waals surface area contributed by atoms with Crippen LogP contribution in [0.2, 0.25) is 0 Å². The maximum atomic E-state index is 12.2. The molecule has 1 aliphatic rings. The predicted octanol–water partition coefficient (Wildman–Crippen LogP) is -0.117. The summed E-state index contributed by atoms with van der Waals surface area (Å²) in [7, 11) is 0. The normalized spacial score (nSPS) is 21.4. The van der Waals surface area contributed by atoms with E-state index in [1.807, 2.05) is 24.3 Å². The van der Waals surface area contributed by atoms with Crippen LogP contribution >= 0.6 is 0 Å². The van der Waals surface area contributed by atoms with Gasteiger partial charge in [-0.05, 0) is 35.5 Å². The summed E-state index contributed by atoms with van der Waals surface area (Å²) in [5.41, 5.74) is 7.30. The smallest absolute Gasteiger partial charge is 0.231 e. The minimum absolute atomic E-state index is 0.134. The van der Waals surface area contributed by atoms with Crippen molar-refractivity contribution in [1.29, 1.82) is 0 Å². The van der Waals surface area contributed by atoms with Gasteiger partial charge in [-0.15, -0.1) is 5.10 Å². The van der Waals surface area contributed by atoms with Crippen LogP contribution in [0.1, 0.15) is 5.82 Å². The zero-order chi connectivity index (χ0) is 14.8. The quantitative estimate of drug-likeness (QED) is 0.815. The second-order valence-electron chi connectivity index (χ2n) is 4.99. The summed E-state index contributed by atoms with van der Waals surface area (Å²) in [6.45, 7) is 2.58. The molecule has 0 spiro atoms. The first-order chi connectivity index (χ1) is 10.1. The van der Waals surface area contributed by atoms with Crippen LogP contribution in [0.5, 0.6) is 0 Å². The molecule has 0 bridgehead atoms. The number of carbonyl (C=O) groups excluding carboxylic acids is 1. The lowest BCUT2D eigenvalue weighted by molar-refractivity contribution is -0.120. The molecular formula is C13H16N6O2. The maximum absolute atomic E-state index is 12.2. The molecule has 21 heavy (non-hydrogen) atoms. The number of hydrogen-bond acceptors (Lipinski definition) is 6. The minimum Gasteiger partial charge on any atom is -0.379 e. The average molecular weight is 288 g/mol. The number of anilines is 1. The number of ether oxygens (including phenoxy) is 1. The summed E-state index contributed by atoms with van der Waals surface area (Å²) in [6, 6.07) is 7.06. The van der Waals surface area contributed by atoms with Crippen LogP contribution in [0, 0.1) is 12.8 Å². The molecule has 0 radical (unpaired) electrons. The van der Waals surface area contributed by atoms with E-state index in [1.54, 1.807) is 11.6 Å². The van der Waals surface area contributed by atoms with E-state index in [0.29, 0.717) is 24.7 Å². The maximum Gasteiger partial charge on any atom is 0.231 e. The number of nitrogens with zero attached hydrogens (tertiary/aromatic N) is 4. The molecule has 8 heteroatoms. The van der Waals surface area contributed by atoms with E-state index in [-0.39, 0.29) is 17.9 Å². The number of nitrogens with one attached hydrogen (secondary N) is 1. The van der Waals surface area contributed by atoms with Crippen molar-refractivity contribution >= 4 is 11.6 Å². The molecule has 1 aliphatic heterocycles. The Morgan fingerprint density at radius 2 is 2.33 bits per heavy atom. The Hall–Kier alpha value is -2.32. The number of benzene rings is 1. The third kappa shape index (κ3) is 2.76. The molecule has 0 aliphatic carbocycles. The number of tetrazole rings is 1. The van der Waals surface area contributed by atoms with Crippen molar-refractivity contribution in [1.82, 2.24) is 20.2 Å². The summed E-state index contributed by atoms with van der Waals surface area (Å²) >= 11 is 0. The first kappa shape index (κ1) is 13.7. The van der Waals surface area contributed by atoms with Gasteiger partial charge in [-0.1, -0.05) is 6.07 Å². The average Bonchev–Trinajstić information content (AvgIpc) is 3.07. The highest BCUT2D eigenvalue weighted by Crippen LogP contribution is 2.18. The van der Waals surface area contributed by atoms with Crippen molar-refractivity contribution < 1.29 is 9.53 Å². The summed E-state index contributed by atoms with van der Waals surface area (Å²) in [6.07, 6.45) is 0. The number of rotatable bonds is 3. The minimum atomic E-state index is -0.316. The van der Waals surface area contributed by atoms with Gasteiger partial charge < -0.3 is 15.8 Å². The summed E-state index contributed by atoms with van der Waals surface area (Å²) in [5.74, 6) is 0.221. The molecule has 1 saturated heterocycles. The van der Waals surface area contributed by atoms with E-state index < -0.39 is 0 Å². The third-order valence-corrected chi connectivity index (χ3v) is 3.44. The van der Waals surface area contributed by atoms with E-state index in [4.69, 9.17) is 10.5 Å². The molecular weight excluding hydrogens is 272 g/mol. The van der Waals surface area contributed by atoms with Gasteiger partial charge >= 0.3 is 0 Å². The molecule has 1 aromatic heterocycles. The lowest BCUT2D eigenvalue weighted by Crippen LogP contribution is -2.37. The Balaban J connectivity index is 1.77. The van der Waals surface area contributed by atoms with Gasteiger partial charge in [-0.3, -0.25) is 4.79 Å². The molecule has 110 valence electrons. The van der Waals surface area contributed by atoms with Crippen LogP contribution in [-0.2, 0) is 9.53 Å². The summed E-state index contributed by atoms with van der Waals surface area (Å²) < 4.78 is 6.81. The van der Waals surface area contributed by atoms with Crippen LogP contribution in [0.15, 0.2) is 24.3 Å². The lowest BCUT2D eigenvalue weighted by atomic mass is 10.0. The topological polar surface area (TPSA) is 108 Å². The van der Waals surface area contributed by atoms with Gasteiger partial charge in [-0.2, -0.15) is 4.68 Å². The molecule has 1 fully saturated rings. The number of nitrogens with two attached hydrogens (primary N) is 1. The first-order valence-electron chi connectivity index (χ1n) is 6.65. The van der Waals surface area contributed by atoms with Gasteiger partial charge in [0.05, 0.1) is 24.8 Å². The second-order valence-corrected chi connectivity index (χ2v) is 4.99. The number of carbonyl (C=O) groups is 1. The molecule has 3 N–H and O–H groups in total. The highest BCUT2D eigenvalue weighted by atomic mass is 16.5. The van der Waals surface area contributed by atoms with Crippen molar-refractivity contribution in [3.63, 3.8) is 0 Å². The number of aryl methyl sites for hydroxylation is 1. The van der Waals surface area contributed by atoms with Crippen LogP contribution in [0.3, 0.4) is 0 Å². The molecule has 2 heterocycles. The van der Waals surface area contributed by atoms with E-state index in [1.165, 1.54) is 0 Å². The van der Waals surface area contributed by atoms with E-state index in [0.717, 1.165) is 5.69 Å². The van der Waals surface area contributed by atoms with Crippen LogP contribution in [-0.4, -0.2) is 45.4 Å². The number of amides is 1. The Labute approximate surface area is 121 Å². The van der Waals surface area contributed by atoms with Crippen LogP contribution in [0.25, 0.3) is 5.69 Å². The van der Waals surface area contributed by atoms with Crippen LogP contribution < -0.4 is 11.1 Å². The van der Waals surface area contributed by atoms with Gasteiger partial charge in [0.25, 0.3) is 0 Å². The molecule has 3 rings (SSSR count). The Bertz CT molecular complexity index is 656.